The number of benzene rings is 2. The molecule has 2 heterocycles. The van der Waals surface area contributed by atoms with Gasteiger partial charge in [0.25, 0.3) is 5.91 Å². The molecule has 5 rings (SSSR count). The fourth-order valence-corrected chi connectivity index (χ4v) is 4.26. The summed E-state index contributed by atoms with van der Waals surface area (Å²) in [5.74, 6) is 1.78. The standard InChI is InChI=1S/C26H25N3O4/c1-15-16(2)23(28-13-20(15)17-4-6-18(7-5-17)24(30)27-3)29-25(31)26(10-11-26)19-8-9-21-22(12-19)33-14-32-21/h4-9,12-13H,10-11,14H2,1-3H3,(H,27,30)(H,28,29,31). The lowest BCUT2D eigenvalue weighted by Gasteiger charge is -2.18. The monoisotopic (exact) mass is 443 g/mol. The maximum absolute atomic E-state index is 13.3. The van der Waals surface area contributed by atoms with Crippen molar-refractivity contribution in [1.29, 1.82) is 0 Å². The smallest absolute Gasteiger partial charge is 0.251 e. The van der Waals surface area contributed by atoms with E-state index in [1.165, 1.54) is 0 Å². The zero-order valence-electron chi connectivity index (χ0n) is 18.8. The van der Waals surface area contributed by atoms with Crippen molar-refractivity contribution in [3.8, 4) is 22.6 Å². The van der Waals surface area contributed by atoms with Crippen LogP contribution >= 0.6 is 0 Å². The van der Waals surface area contributed by atoms with Gasteiger partial charge in [-0.05, 0) is 73.2 Å². The van der Waals surface area contributed by atoms with Gasteiger partial charge in [-0.25, -0.2) is 4.98 Å². The molecule has 2 aliphatic rings. The number of anilines is 1. The van der Waals surface area contributed by atoms with Crippen LogP contribution in [0.4, 0.5) is 5.82 Å². The van der Waals surface area contributed by atoms with Gasteiger partial charge in [-0.1, -0.05) is 18.2 Å². The molecule has 0 atom stereocenters. The Morgan fingerprint density at radius 2 is 1.70 bits per heavy atom. The lowest BCUT2D eigenvalue weighted by atomic mass is 9.94. The number of carbonyl (C=O) groups is 2. The molecule has 7 nitrogen and oxygen atoms in total. The molecule has 2 N–H and O–H groups in total. The van der Waals surface area contributed by atoms with Crippen LogP contribution in [-0.4, -0.2) is 30.6 Å². The van der Waals surface area contributed by atoms with Gasteiger partial charge in [0.15, 0.2) is 11.5 Å². The average Bonchev–Trinajstić information content (AvgIpc) is 3.52. The Hall–Kier alpha value is -3.87. The minimum absolute atomic E-state index is 0.0564. The second-order valence-electron chi connectivity index (χ2n) is 8.53. The quantitative estimate of drug-likeness (QED) is 0.619. The number of ether oxygens (including phenoxy) is 2. The Morgan fingerprint density at radius 3 is 2.39 bits per heavy atom. The summed E-state index contributed by atoms with van der Waals surface area (Å²) < 4.78 is 10.9. The summed E-state index contributed by atoms with van der Waals surface area (Å²) in [7, 11) is 1.61. The van der Waals surface area contributed by atoms with Crippen molar-refractivity contribution >= 4 is 17.6 Å². The Kier molecular flexibility index (Phi) is 5.04. The molecule has 1 aliphatic heterocycles. The van der Waals surface area contributed by atoms with Crippen LogP contribution in [0.5, 0.6) is 11.5 Å². The molecule has 1 saturated carbocycles. The molecular formula is C26H25N3O4. The van der Waals surface area contributed by atoms with Crippen molar-refractivity contribution in [2.45, 2.75) is 32.1 Å². The van der Waals surface area contributed by atoms with E-state index < -0.39 is 5.41 Å². The molecule has 0 radical (unpaired) electrons. The van der Waals surface area contributed by atoms with Crippen molar-refractivity contribution < 1.29 is 19.1 Å². The maximum Gasteiger partial charge on any atom is 0.251 e. The molecule has 0 bridgehead atoms. The van der Waals surface area contributed by atoms with Gasteiger partial charge in [-0.15, -0.1) is 0 Å². The molecule has 2 amide bonds. The molecule has 0 saturated heterocycles. The summed E-state index contributed by atoms with van der Waals surface area (Å²) >= 11 is 0. The van der Waals surface area contributed by atoms with E-state index in [-0.39, 0.29) is 18.6 Å². The third-order valence-electron chi connectivity index (χ3n) is 6.67. The predicted molar refractivity (Wildman–Crippen MR) is 125 cm³/mol. The van der Waals surface area contributed by atoms with Gasteiger partial charge in [0.1, 0.15) is 5.82 Å². The number of fused-ring (bicyclic) bond motifs is 1. The summed E-state index contributed by atoms with van der Waals surface area (Å²) in [4.78, 5) is 29.6. The topological polar surface area (TPSA) is 89.6 Å². The van der Waals surface area contributed by atoms with Crippen LogP contribution in [0.15, 0.2) is 48.7 Å². The number of nitrogens with zero attached hydrogens (tertiary/aromatic N) is 1. The lowest BCUT2D eigenvalue weighted by Crippen LogP contribution is -2.28. The van der Waals surface area contributed by atoms with Gasteiger partial charge in [0, 0.05) is 24.4 Å². The third kappa shape index (κ3) is 3.59. The molecule has 1 fully saturated rings. The van der Waals surface area contributed by atoms with Crippen LogP contribution in [0.1, 0.15) is 39.9 Å². The van der Waals surface area contributed by atoms with Crippen LogP contribution in [0.2, 0.25) is 0 Å². The van der Waals surface area contributed by atoms with Crippen LogP contribution in [0.25, 0.3) is 11.1 Å². The van der Waals surface area contributed by atoms with Crippen molar-refractivity contribution in [3.63, 3.8) is 0 Å². The Morgan fingerprint density at radius 1 is 0.970 bits per heavy atom. The number of pyridine rings is 1. The number of aromatic nitrogens is 1. The van der Waals surface area contributed by atoms with Crippen LogP contribution in [-0.2, 0) is 10.2 Å². The van der Waals surface area contributed by atoms with E-state index in [1.54, 1.807) is 25.4 Å². The van der Waals surface area contributed by atoms with Gasteiger partial charge in [0.2, 0.25) is 12.7 Å². The van der Waals surface area contributed by atoms with Crippen molar-refractivity contribution in [2.75, 3.05) is 19.2 Å². The minimum atomic E-state index is -0.558. The normalized spacial score (nSPS) is 15.1. The first-order chi connectivity index (χ1) is 15.9. The third-order valence-corrected chi connectivity index (χ3v) is 6.67. The van der Waals surface area contributed by atoms with Crippen molar-refractivity contribution in [3.05, 3.63) is 70.9 Å². The van der Waals surface area contributed by atoms with Crippen molar-refractivity contribution in [2.24, 2.45) is 0 Å². The molecule has 0 unspecified atom stereocenters. The highest BCUT2D eigenvalue weighted by molar-refractivity contribution is 6.01. The summed E-state index contributed by atoms with van der Waals surface area (Å²) in [6.07, 6.45) is 3.34. The molecule has 1 aromatic heterocycles. The Bertz CT molecular complexity index is 1260. The fraction of sp³-hybridized carbons (Fsp3) is 0.269. The molecule has 0 spiro atoms. The van der Waals surface area contributed by atoms with Crippen LogP contribution in [0.3, 0.4) is 0 Å². The van der Waals surface area contributed by atoms with Gasteiger partial charge < -0.3 is 20.1 Å². The summed E-state index contributed by atoms with van der Waals surface area (Å²) in [5.41, 5.74) is 4.85. The number of rotatable bonds is 5. The zero-order valence-corrected chi connectivity index (χ0v) is 18.8. The van der Waals surface area contributed by atoms with Gasteiger partial charge in [0.05, 0.1) is 5.41 Å². The van der Waals surface area contributed by atoms with Crippen LogP contribution in [0, 0.1) is 13.8 Å². The second kappa shape index (κ2) is 7.92. The second-order valence-corrected chi connectivity index (χ2v) is 8.53. The van der Waals surface area contributed by atoms with Crippen molar-refractivity contribution in [1.82, 2.24) is 10.3 Å². The molecule has 33 heavy (non-hydrogen) atoms. The summed E-state index contributed by atoms with van der Waals surface area (Å²) in [5, 5.41) is 5.68. The predicted octanol–water partition coefficient (Wildman–Crippen LogP) is 4.12. The van der Waals surface area contributed by atoms with E-state index in [0.717, 1.165) is 40.7 Å². The largest absolute Gasteiger partial charge is 0.454 e. The van der Waals surface area contributed by atoms with Gasteiger partial charge in [-0.3, -0.25) is 9.59 Å². The SMILES string of the molecule is CNC(=O)c1ccc(-c2cnc(NC(=O)C3(c4ccc5c(c4)OCO5)CC3)c(C)c2C)cc1. The lowest BCUT2D eigenvalue weighted by molar-refractivity contribution is -0.118. The molecule has 1 aliphatic carbocycles. The van der Waals surface area contributed by atoms with E-state index >= 15 is 0 Å². The first-order valence-electron chi connectivity index (χ1n) is 10.9. The summed E-state index contributed by atoms with van der Waals surface area (Å²) in [6, 6.07) is 13.1. The fourth-order valence-electron chi connectivity index (χ4n) is 4.26. The number of hydrogen-bond donors (Lipinski definition) is 2. The van der Waals surface area contributed by atoms with E-state index in [0.29, 0.717) is 22.9 Å². The zero-order chi connectivity index (χ0) is 23.2. The van der Waals surface area contributed by atoms with E-state index in [4.69, 9.17) is 9.47 Å². The van der Waals surface area contributed by atoms with E-state index in [2.05, 4.69) is 15.6 Å². The Labute approximate surface area is 192 Å². The molecule has 2 aromatic carbocycles. The van der Waals surface area contributed by atoms with Crippen LogP contribution < -0.4 is 20.1 Å². The number of nitrogens with one attached hydrogen (secondary N) is 2. The van der Waals surface area contributed by atoms with E-state index in [1.807, 2.05) is 44.2 Å². The first kappa shape index (κ1) is 21.0. The number of amides is 2. The highest BCUT2D eigenvalue weighted by atomic mass is 16.7. The van der Waals surface area contributed by atoms with Gasteiger partial charge >= 0.3 is 0 Å². The number of carbonyl (C=O) groups excluding carboxylic acids is 2. The molecule has 3 aromatic rings. The highest BCUT2D eigenvalue weighted by Crippen LogP contribution is 2.51. The van der Waals surface area contributed by atoms with E-state index in [9.17, 15) is 9.59 Å². The summed E-state index contributed by atoms with van der Waals surface area (Å²) in [6.45, 7) is 4.18. The average molecular weight is 444 g/mol. The maximum atomic E-state index is 13.3. The van der Waals surface area contributed by atoms with Gasteiger partial charge in [-0.2, -0.15) is 0 Å². The minimum Gasteiger partial charge on any atom is -0.454 e. The molecule has 168 valence electrons. The number of hydrogen-bond acceptors (Lipinski definition) is 5. The highest BCUT2D eigenvalue weighted by Gasteiger charge is 2.52. The Balaban J connectivity index is 1.38. The molecular weight excluding hydrogens is 418 g/mol. The molecule has 7 heteroatoms. The first-order valence-corrected chi connectivity index (χ1v) is 10.9.